The summed E-state index contributed by atoms with van der Waals surface area (Å²) in [6.07, 6.45) is 5.65. The van der Waals surface area contributed by atoms with E-state index >= 15 is 0 Å². The van der Waals surface area contributed by atoms with Crippen molar-refractivity contribution in [2.45, 2.75) is 43.7 Å². The van der Waals surface area contributed by atoms with E-state index in [2.05, 4.69) is 35.6 Å². The van der Waals surface area contributed by atoms with Crippen LogP contribution in [-0.2, 0) is 0 Å². The molecule has 1 saturated carbocycles. The first-order chi connectivity index (χ1) is 8.30. The fourth-order valence-corrected chi connectivity index (χ4v) is 3.79. The zero-order valence-corrected chi connectivity index (χ0v) is 11.4. The molecule has 100 valence electrons. The predicted octanol–water partition coefficient (Wildman–Crippen LogP) is -1.38. The van der Waals surface area contributed by atoms with Crippen LogP contribution in [0.3, 0.4) is 0 Å². The summed E-state index contributed by atoms with van der Waals surface area (Å²) < 4.78 is 0. The summed E-state index contributed by atoms with van der Waals surface area (Å²) >= 11 is 0. The molecule has 0 amide bonds. The summed E-state index contributed by atoms with van der Waals surface area (Å²) in [6, 6.07) is 11.2. The molecule has 1 aliphatic carbocycles. The van der Waals surface area contributed by atoms with Crippen LogP contribution in [0.4, 0.5) is 0 Å². The summed E-state index contributed by atoms with van der Waals surface area (Å²) in [5, 5.41) is 13.2. The number of quaternary nitrogens is 1. The van der Waals surface area contributed by atoms with Gasteiger partial charge >= 0.3 is 0 Å². The largest absolute Gasteiger partial charge is 1.00 e. The van der Waals surface area contributed by atoms with Crippen LogP contribution in [0.2, 0.25) is 0 Å². The molecular formula is C15H22ClNO. The molecule has 0 unspecified atom stereocenters. The SMILES string of the molecule is O[C@]12CCCC[C@@H]1[C@@H](c1ccccc1)[NH2+]CC2.[Cl-]. The molecule has 1 aromatic carbocycles. The molecule has 1 aliphatic heterocycles. The fraction of sp³-hybridized carbons (Fsp3) is 0.600. The zero-order valence-electron chi connectivity index (χ0n) is 10.7. The number of piperidine rings is 1. The number of benzene rings is 1. The molecule has 1 aromatic rings. The first-order valence-corrected chi connectivity index (χ1v) is 6.90. The Morgan fingerprint density at radius 2 is 1.89 bits per heavy atom. The Hall–Kier alpha value is -0.570. The van der Waals surface area contributed by atoms with E-state index in [0.29, 0.717) is 12.0 Å². The summed E-state index contributed by atoms with van der Waals surface area (Å²) in [5.74, 6) is 0.451. The minimum Gasteiger partial charge on any atom is -1.00 e. The number of nitrogens with two attached hydrogens (primary N) is 1. The van der Waals surface area contributed by atoms with Crippen molar-refractivity contribution in [1.29, 1.82) is 0 Å². The van der Waals surface area contributed by atoms with Crippen LogP contribution in [-0.4, -0.2) is 17.3 Å². The van der Waals surface area contributed by atoms with Gasteiger partial charge < -0.3 is 22.8 Å². The van der Waals surface area contributed by atoms with Gasteiger partial charge in [-0.15, -0.1) is 0 Å². The molecule has 3 rings (SSSR count). The van der Waals surface area contributed by atoms with Crippen LogP contribution < -0.4 is 17.7 Å². The maximum atomic E-state index is 10.8. The Morgan fingerprint density at radius 3 is 2.67 bits per heavy atom. The van der Waals surface area contributed by atoms with Crippen molar-refractivity contribution in [3.05, 3.63) is 35.9 Å². The monoisotopic (exact) mass is 267 g/mol. The van der Waals surface area contributed by atoms with E-state index in [-0.39, 0.29) is 18.0 Å². The Bertz CT molecular complexity index is 379. The third-order valence-corrected chi connectivity index (χ3v) is 4.68. The maximum absolute atomic E-state index is 10.8. The Morgan fingerprint density at radius 1 is 1.11 bits per heavy atom. The van der Waals surface area contributed by atoms with Crippen molar-refractivity contribution >= 4 is 0 Å². The lowest BCUT2D eigenvalue weighted by atomic mass is 9.67. The van der Waals surface area contributed by atoms with Crippen molar-refractivity contribution < 1.29 is 22.8 Å². The molecule has 3 heteroatoms. The molecule has 0 aromatic heterocycles. The average Bonchev–Trinajstić information content (AvgIpc) is 2.38. The minimum absolute atomic E-state index is 0. The van der Waals surface area contributed by atoms with Crippen LogP contribution >= 0.6 is 0 Å². The number of rotatable bonds is 1. The van der Waals surface area contributed by atoms with Gasteiger partial charge in [0.25, 0.3) is 0 Å². The Labute approximate surface area is 115 Å². The van der Waals surface area contributed by atoms with Gasteiger partial charge in [0.1, 0.15) is 6.04 Å². The number of fused-ring (bicyclic) bond motifs is 1. The molecule has 1 heterocycles. The molecule has 0 bridgehead atoms. The smallest absolute Gasteiger partial charge is 0.117 e. The van der Waals surface area contributed by atoms with Crippen molar-refractivity contribution in [2.75, 3.05) is 6.54 Å². The van der Waals surface area contributed by atoms with Gasteiger partial charge in [0, 0.05) is 17.9 Å². The van der Waals surface area contributed by atoms with Gasteiger partial charge in [-0.05, 0) is 12.8 Å². The van der Waals surface area contributed by atoms with Gasteiger partial charge in [-0.3, -0.25) is 0 Å². The summed E-state index contributed by atoms with van der Waals surface area (Å²) in [4.78, 5) is 0. The number of hydrogen-bond donors (Lipinski definition) is 2. The molecule has 3 atom stereocenters. The fourth-order valence-electron chi connectivity index (χ4n) is 3.79. The molecule has 3 N–H and O–H groups in total. The number of aliphatic hydroxyl groups is 1. The van der Waals surface area contributed by atoms with Gasteiger partial charge in [0.15, 0.2) is 0 Å². The van der Waals surface area contributed by atoms with Crippen LogP contribution in [0.1, 0.15) is 43.7 Å². The van der Waals surface area contributed by atoms with Gasteiger partial charge in [0.2, 0.25) is 0 Å². The first-order valence-electron chi connectivity index (χ1n) is 6.90. The average molecular weight is 268 g/mol. The molecule has 2 aliphatic rings. The van der Waals surface area contributed by atoms with E-state index in [1.165, 1.54) is 24.8 Å². The lowest BCUT2D eigenvalue weighted by molar-refractivity contribution is -0.719. The molecular weight excluding hydrogens is 246 g/mol. The van der Waals surface area contributed by atoms with Crippen LogP contribution in [0.5, 0.6) is 0 Å². The van der Waals surface area contributed by atoms with Crippen molar-refractivity contribution in [1.82, 2.24) is 0 Å². The van der Waals surface area contributed by atoms with Crippen molar-refractivity contribution in [2.24, 2.45) is 5.92 Å². The van der Waals surface area contributed by atoms with Crippen LogP contribution in [0.25, 0.3) is 0 Å². The van der Waals surface area contributed by atoms with Crippen molar-refractivity contribution in [3.8, 4) is 0 Å². The molecule has 0 spiro atoms. The third kappa shape index (κ3) is 2.42. The van der Waals surface area contributed by atoms with E-state index < -0.39 is 0 Å². The predicted molar refractivity (Wildman–Crippen MR) is 67.5 cm³/mol. The highest BCUT2D eigenvalue weighted by Gasteiger charge is 2.48. The maximum Gasteiger partial charge on any atom is 0.117 e. The minimum atomic E-state index is -0.381. The quantitative estimate of drug-likeness (QED) is 0.647. The molecule has 18 heavy (non-hydrogen) atoms. The van der Waals surface area contributed by atoms with Crippen LogP contribution in [0.15, 0.2) is 30.3 Å². The molecule has 1 saturated heterocycles. The van der Waals surface area contributed by atoms with Gasteiger partial charge in [-0.25, -0.2) is 0 Å². The Balaban J connectivity index is 0.00000120. The van der Waals surface area contributed by atoms with E-state index in [1.807, 2.05) is 0 Å². The molecule has 0 radical (unpaired) electrons. The number of halogens is 1. The molecule has 2 fully saturated rings. The normalized spacial score (nSPS) is 35.4. The van der Waals surface area contributed by atoms with E-state index in [9.17, 15) is 5.11 Å². The van der Waals surface area contributed by atoms with Gasteiger partial charge in [-0.2, -0.15) is 0 Å². The van der Waals surface area contributed by atoms with Gasteiger partial charge in [0.05, 0.1) is 12.1 Å². The number of hydrogen-bond acceptors (Lipinski definition) is 1. The summed E-state index contributed by atoms with van der Waals surface area (Å²) in [6.45, 7) is 1.06. The Kier molecular flexibility index (Phi) is 4.31. The van der Waals surface area contributed by atoms with E-state index in [1.54, 1.807) is 0 Å². The van der Waals surface area contributed by atoms with Gasteiger partial charge in [-0.1, -0.05) is 43.2 Å². The lowest BCUT2D eigenvalue weighted by Crippen LogP contribution is -3.00. The first kappa shape index (κ1) is 13.9. The second-order valence-corrected chi connectivity index (χ2v) is 5.67. The second-order valence-electron chi connectivity index (χ2n) is 5.67. The summed E-state index contributed by atoms with van der Waals surface area (Å²) in [7, 11) is 0. The zero-order chi connectivity index (χ0) is 11.7. The lowest BCUT2D eigenvalue weighted by Gasteiger charge is -2.46. The summed E-state index contributed by atoms with van der Waals surface area (Å²) in [5.41, 5.74) is 1.01. The highest BCUT2D eigenvalue weighted by Crippen LogP contribution is 2.43. The topological polar surface area (TPSA) is 36.8 Å². The van der Waals surface area contributed by atoms with Crippen LogP contribution in [0, 0.1) is 5.92 Å². The molecule has 2 nitrogen and oxygen atoms in total. The standard InChI is InChI=1S/C15H21NO.ClH/c17-15-9-5-4-8-13(15)14(16-11-10-15)12-6-2-1-3-7-12;/h1-3,6-7,13-14,16-17H,4-5,8-11H2;1H/t13-,14-,15+;/m1./s1. The van der Waals surface area contributed by atoms with E-state index in [0.717, 1.165) is 19.4 Å². The van der Waals surface area contributed by atoms with E-state index in [4.69, 9.17) is 0 Å². The highest BCUT2D eigenvalue weighted by atomic mass is 35.5. The second kappa shape index (κ2) is 5.60. The van der Waals surface area contributed by atoms with Crippen molar-refractivity contribution in [3.63, 3.8) is 0 Å². The highest BCUT2D eigenvalue weighted by molar-refractivity contribution is 5.19. The third-order valence-electron chi connectivity index (χ3n) is 4.68.